The molecule has 0 atom stereocenters. The van der Waals surface area contributed by atoms with Crippen molar-refractivity contribution in [3.63, 3.8) is 0 Å². The molecule has 1 saturated carbocycles. The predicted octanol–water partition coefficient (Wildman–Crippen LogP) is 3.08. The lowest BCUT2D eigenvalue weighted by Crippen LogP contribution is -2.36. The van der Waals surface area contributed by atoms with Crippen LogP contribution in [0.4, 0.5) is 5.69 Å². The summed E-state index contributed by atoms with van der Waals surface area (Å²) in [5.74, 6) is -0.797. The highest BCUT2D eigenvalue weighted by Gasteiger charge is 2.30. The van der Waals surface area contributed by atoms with Crippen LogP contribution in [-0.4, -0.2) is 23.7 Å². The van der Waals surface area contributed by atoms with E-state index in [0.717, 1.165) is 18.7 Å². The molecule has 0 saturated heterocycles. The van der Waals surface area contributed by atoms with Gasteiger partial charge < -0.3 is 10.0 Å². The van der Waals surface area contributed by atoms with Crippen LogP contribution in [-0.2, 0) is 6.42 Å². The summed E-state index contributed by atoms with van der Waals surface area (Å²) in [5.41, 5.74) is 2.69. The molecule has 3 rings (SSSR count). The van der Waals surface area contributed by atoms with Gasteiger partial charge in [0.15, 0.2) is 0 Å². The van der Waals surface area contributed by atoms with Crippen LogP contribution in [0, 0.1) is 0 Å². The lowest BCUT2D eigenvalue weighted by molar-refractivity contribution is 0.0697. The molecule has 0 radical (unpaired) electrons. The lowest BCUT2D eigenvalue weighted by atomic mass is 9.94. The molecule has 0 bridgehead atoms. The summed E-state index contributed by atoms with van der Waals surface area (Å²) in [6.07, 6.45) is 7.32. The monoisotopic (exact) mass is 245 g/mol. The number of fused-ring (bicyclic) bond motifs is 1. The van der Waals surface area contributed by atoms with Crippen LogP contribution < -0.4 is 4.90 Å². The number of rotatable bonds is 2. The van der Waals surface area contributed by atoms with Crippen molar-refractivity contribution in [2.75, 3.05) is 11.4 Å². The second-order valence-electron chi connectivity index (χ2n) is 5.35. The normalized spacial score (nSPS) is 19.9. The van der Waals surface area contributed by atoms with Gasteiger partial charge in [0.25, 0.3) is 0 Å². The maximum Gasteiger partial charge on any atom is 0.337 e. The Labute approximate surface area is 107 Å². The standard InChI is InChI=1S/C15H19NO2/c17-15(18)13-8-4-5-11-9-10-16(14(11)13)12-6-2-1-3-7-12/h4-5,8,12H,1-3,6-7,9-10H2,(H,17,18). The first-order valence-electron chi connectivity index (χ1n) is 6.89. The minimum atomic E-state index is -0.797. The molecule has 18 heavy (non-hydrogen) atoms. The summed E-state index contributed by atoms with van der Waals surface area (Å²) in [4.78, 5) is 13.7. The Balaban J connectivity index is 1.96. The number of carboxylic acids is 1. The van der Waals surface area contributed by atoms with E-state index in [4.69, 9.17) is 0 Å². The van der Waals surface area contributed by atoms with E-state index in [1.54, 1.807) is 6.07 Å². The van der Waals surface area contributed by atoms with E-state index in [-0.39, 0.29) is 0 Å². The molecule has 3 heteroatoms. The molecule has 1 heterocycles. The molecule has 0 amide bonds. The maximum atomic E-state index is 11.4. The minimum absolute atomic E-state index is 0.482. The molecule has 2 aliphatic rings. The number of hydrogen-bond donors (Lipinski definition) is 1. The molecule has 0 aromatic heterocycles. The lowest BCUT2D eigenvalue weighted by Gasteiger charge is -2.33. The van der Waals surface area contributed by atoms with Crippen LogP contribution in [0.1, 0.15) is 48.0 Å². The molecule has 1 N–H and O–H groups in total. The van der Waals surface area contributed by atoms with Crippen LogP contribution in [0.2, 0.25) is 0 Å². The number of para-hydroxylation sites is 1. The highest BCUT2D eigenvalue weighted by atomic mass is 16.4. The molecule has 0 unspecified atom stereocenters. The first-order chi connectivity index (χ1) is 8.77. The van der Waals surface area contributed by atoms with Gasteiger partial charge in [-0.3, -0.25) is 0 Å². The van der Waals surface area contributed by atoms with Gasteiger partial charge in [-0.05, 0) is 30.9 Å². The van der Waals surface area contributed by atoms with E-state index >= 15 is 0 Å². The maximum absolute atomic E-state index is 11.4. The van der Waals surface area contributed by atoms with E-state index < -0.39 is 5.97 Å². The van der Waals surface area contributed by atoms with Gasteiger partial charge in [0.2, 0.25) is 0 Å². The third-order valence-electron chi connectivity index (χ3n) is 4.27. The first-order valence-corrected chi connectivity index (χ1v) is 6.89. The number of anilines is 1. The molecule has 1 aliphatic carbocycles. The fraction of sp³-hybridized carbons (Fsp3) is 0.533. The average Bonchev–Trinajstić information content (AvgIpc) is 2.83. The highest BCUT2D eigenvalue weighted by Crippen LogP contribution is 2.36. The largest absolute Gasteiger partial charge is 0.478 e. The van der Waals surface area contributed by atoms with Crippen molar-refractivity contribution in [3.8, 4) is 0 Å². The van der Waals surface area contributed by atoms with Gasteiger partial charge in [-0.15, -0.1) is 0 Å². The van der Waals surface area contributed by atoms with Crippen LogP contribution in [0.3, 0.4) is 0 Å². The van der Waals surface area contributed by atoms with Crippen LogP contribution in [0.5, 0.6) is 0 Å². The van der Waals surface area contributed by atoms with Crippen molar-refractivity contribution >= 4 is 11.7 Å². The van der Waals surface area contributed by atoms with E-state index in [0.29, 0.717) is 11.6 Å². The fourth-order valence-corrected chi connectivity index (χ4v) is 3.42. The second kappa shape index (κ2) is 4.63. The SMILES string of the molecule is O=C(O)c1cccc2c1N(C1CCCCC1)CC2. The van der Waals surface area contributed by atoms with Gasteiger partial charge >= 0.3 is 5.97 Å². The zero-order valence-electron chi connectivity index (χ0n) is 10.6. The van der Waals surface area contributed by atoms with Gasteiger partial charge in [-0.1, -0.05) is 31.4 Å². The van der Waals surface area contributed by atoms with E-state index in [9.17, 15) is 9.90 Å². The molecule has 3 nitrogen and oxygen atoms in total. The molecule has 96 valence electrons. The number of benzene rings is 1. The van der Waals surface area contributed by atoms with Gasteiger partial charge in [0, 0.05) is 12.6 Å². The Morgan fingerprint density at radius 3 is 2.72 bits per heavy atom. The topological polar surface area (TPSA) is 40.5 Å². The Kier molecular flexibility index (Phi) is 2.98. The van der Waals surface area contributed by atoms with E-state index in [1.807, 2.05) is 6.07 Å². The molecule has 1 aromatic carbocycles. The highest BCUT2D eigenvalue weighted by molar-refractivity contribution is 5.96. The Hall–Kier alpha value is -1.51. The van der Waals surface area contributed by atoms with Crippen molar-refractivity contribution in [2.24, 2.45) is 0 Å². The molecular weight excluding hydrogens is 226 g/mol. The number of aromatic carboxylic acids is 1. The second-order valence-corrected chi connectivity index (χ2v) is 5.35. The zero-order valence-corrected chi connectivity index (χ0v) is 10.6. The third-order valence-corrected chi connectivity index (χ3v) is 4.27. The number of carbonyl (C=O) groups is 1. The number of carboxylic acid groups (broad SMARTS) is 1. The third kappa shape index (κ3) is 1.88. The van der Waals surface area contributed by atoms with Gasteiger partial charge in [0.05, 0.1) is 11.3 Å². The van der Waals surface area contributed by atoms with Crippen LogP contribution in [0.15, 0.2) is 18.2 Å². The predicted molar refractivity (Wildman–Crippen MR) is 71.3 cm³/mol. The fourth-order valence-electron chi connectivity index (χ4n) is 3.42. The summed E-state index contributed by atoms with van der Waals surface area (Å²) in [5, 5.41) is 9.34. The number of hydrogen-bond acceptors (Lipinski definition) is 2. The van der Waals surface area contributed by atoms with Gasteiger partial charge in [-0.2, -0.15) is 0 Å². The van der Waals surface area contributed by atoms with Crippen molar-refractivity contribution in [1.29, 1.82) is 0 Å². The Morgan fingerprint density at radius 2 is 2.00 bits per heavy atom. The van der Waals surface area contributed by atoms with Crippen LogP contribution >= 0.6 is 0 Å². The van der Waals surface area contributed by atoms with Gasteiger partial charge in [-0.25, -0.2) is 4.79 Å². The Morgan fingerprint density at radius 1 is 1.22 bits per heavy atom. The summed E-state index contributed by atoms with van der Waals surface area (Å²) in [6.45, 7) is 0.990. The summed E-state index contributed by atoms with van der Waals surface area (Å²) in [7, 11) is 0. The average molecular weight is 245 g/mol. The van der Waals surface area contributed by atoms with Crippen molar-refractivity contribution in [2.45, 2.75) is 44.6 Å². The van der Waals surface area contributed by atoms with Crippen molar-refractivity contribution in [1.82, 2.24) is 0 Å². The quantitative estimate of drug-likeness (QED) is 0.870. The molecule has 0 spiro atoms. The Bertz CT molecular complexity index is 464. The first kappa shape index (κ1) is 11.6. The summed E-state index contributed by atoms with van der Waals surface area (Å²) >= 11 is 0. The van der Waals surface area contributed by atoms with Crippen molar-refractivity contribution < 1.29 is 9.90 Å². The summed E-state index contributed by atoms with van der Waals surface area (Å²) in [6, 6.07) is 6.24. The van der Waals surface area contributed by atoms with Gasteiger partial charge in [0.1, 0.15) is 0 Å². The molecule has 1 aliphatic heterocycles. The molecular formula is C15H19NO2. The van der Waals surface area contributed by atoms with E-state index in [1.165, 1.54) is 37.7 Å². The minimum Gasteiger partial charge on any atom is -0.478 e. The molecule has 1 fully saturated rings. The van der Waals surface area contributed by atoms with E-state index in [2.05, 4.69) is 11.0 Å². The number of nitrogens with zero attached hydrogens (tertiary/aromatic N) is 1. The summed E-state index contributed by atoms with van der Waals surface area (Å²) < 4.78 is 0. The zero-order chi connectivity index (χ0) is 12.5. The molecule has 1 aromatic rings. The van der Waals surface area contributed by atoms with Crippen LogP contribution in [0.25, 0.3) is 0 Å². The van der Waals surface area contributed by atoms with Crippen molar-refractivity contribution in [3.05, 3.63) is 29.3 Å². The smallest absolute Gasteiger partial charge is 0.337 e.